The molecular weight excluding hydrogens is 292 g/mol. The fourth-order valence-corrected chi connectivity index (χ4v) is 2.48. The molecule has 2 unspecified atom stereocenters. The van der Waals surface area contributed by atoms with Crippen molar-refractivity contribution in [1.82, 2.24) is 0 Å². The highest BCUT2D eigenvalue weighted by molar-refractivity contribution is 5.76. The summed E-state index contributed by atoms with van der Waals surface area (Å²) in [4.78, 5) is 12.2. The Kier molecular flexibility index (Phi) is 8.89. The second-order valence-corrected chi connectivity index (χ2v) is 6.03. The van der Waals surface area contributed by atoms with E-state index in [2.05, 4.69) is 6.92 Å². The molecule has 0 fully saturated rings. The topological polar surface area (TPSA) is 44.8 Å². The van der Waals surface area contributed by atoms with E-state index in [1.54, 1.807) is 7.11 Å². The van der Waals surface area contributed by atoms with Crippen LogP contribution in [0.1, 0.15) is 45.6 Å². The summed E-state index contributed by atoms with van der Waals surface area (Å²) in [5, 5.41) is 0. The van der Waals surface area contributed by atoms with Gasteiger partial charge in [-0.15, -0.1) is 0 Å². The molecule has 0 radical (unpaired) electrons. The van der Waals surface area contributed by atoms with Gasteiger partial charge in [-0.2, -0.15) is 0 Å². The molecule has 0 aromatic heterocycles. The second-order valence-electron chi connectivity index (χ2n) is 6.03. The predicted molar refractivity (Wildman–Crippen MR) is 91.2 cm³/mol. The van der Waals surface area contributed by atoms with Crippen molar-refractivity contribution in [2.45, 2.75) is 52.7 Å². The van der Waals surface area contributed by atoms with E-state index in [0.717, 1.165) is 24.8 Å². The maximum absolute atomic E-state index is 12.2. The average molecular weight is 322 g/mol. The average Bonchev–Trinajstić information content (AvgIpc) is 2.58. The van der Waals surface area contributed by atoms with Crippen LogP contribution in [-0.2, 0) is 25.4 Å². The normalized spacial score (nSPS) is 15.0. The summed E-state index contributed by atoms with van der Waals surface area (Å²) in [6.45, 7) is 6.66. The Morgan fingerprint density at radius 1 is 1.17 bits per heavy atom. The third-order valence-electron chi connectivity index (χ3n) is 4.20. The van der Waals surface area contributed by atoms with Crippen LogP contribution in [0.2, 0.25) is 0 Å². The molecule has 4 nitrogen and oxygen atoms in total. The zero-order valence-corrected chi connectivity index (χ0v) is 14.8. The van der Waals surface area contributed by atoms with Gasteiger partial charge in [0.15, 0.2) is 6.29 Å². The number of ether oxygens (including phenoxy) is 3. The molecule has 0 saturated heterocycles. The summed E-state index contributed by atoms with van der Waals surface area (Å²) in [7, 11) is 1.62. The van der Waals surface area contributed by atoms with Crippen LogP contribution < -0.4 is 0 Å². The minimum absolute atomic E-state index is 0.137. The molecule has 0 bridgehead atoms. The molecule has 1 aromatic carbocycles. The number of benzene rings is 1. The standard InChI is InChI=1S/C19H30O4/c1-5-12-19(3,6-2)18(20)23-14-13-22-17(21-4)15-16-10-8-7-9-11-16/h7-11,17H,5-6,12-15H2,1-4H3. The molecule has 2 atom stereocenters. The maximum atomic E-state index is 12.2. The molecule has 23 heavy (non-hydrogen) atoms. The van der Waals surface area contributed by atoms with Crippen molar-refractivity contribution >= 4 is 5.97 Å². The van der Waals surface area contributed by atoms with Crippen molar-refractivity contribution < 1.29 is 19.0 Å². The Balaban J connectivity index is 2.33. The fraction of sp³-hybridized carbons (Fsp3) is 0.632. The van der Waals surface area contributed by atoms with Gasteiger partial charge < -0.3 is 14.2 Å². The molecule has 0 amide bonds. The SMILES string of the molecule is CCCC(C)(CC)C(=O)OCCOC(Cc1ccccc1)OC. The van der Waals surface area contributed by atoms with Crippen LogP contribution in [0.3, 0.4) is 0 Å². The van der Waals surface area contributed by atoms with Gasteiger partial charge in [0.05, 0.1) is 12.0 Å². The third kappa shape index (κ3) is 6.71. The van der Waals surface area contributed by atoms with Gasteiger partial charge in [-0.3, -0.25) is 4.79 Å². The van der Waals surface area contributed by atoms with E-state index in [0.29, 0.717) is 13.0 Å². The summed E-state index contributed by atoms with van der Waals surface area (Å²) in [6, 6.07) is 10.0. The molecule has 4 heteroatoms. The zero-order chi connectivity index (χ0) is 17.1. The number of methoxy groups -OCH3 is 1. The smallest absolute Gasteiger partial charge is 0.311 e. The first kappa shape index (κ1) is 19.7. The van der Waals surface area contributed by atoms with Crippen LogP contribution in [0.5, 0.6) is 0 Å². The lowest BCUT2D eigenvalue weighted by Crippen LogP contribution is -2.30. The van der Waals surface area contributed by atoms with Crippen LogP contribution >= 0.6 is 0 Å². The van der Waals surface area contributed by atoms with Gasteiger partial charge in [-0.05, 0) is 25.3 Å². The zero-order valence-electron chi connectivity index (χ0n) is 14.8. The van der Waals surface area contributed by atoms with Gasteiger partial charge in [0.2, 0.25) is 0 Å². The lowest BCUT2D eigenvalue weighted by atomic mass is 9.83. The fourth-order valence-electron chi connectivity index (χ4n) is 2.48. The highest BCUT2D eigenvalue weighted by atomic mass is 16.7. The largest absolute Gasteiger partial charge is 0.463 e. The van der Waals surface area contributed by atoms with Crippen molar-refractivity contribution in [2.24, 2.45) is 5.41 Å². The maximum Gasteiger partial charge on any atom is 0.311 e. The van der Waals surface area contributed by atoms with Gasteiger partial charge in [0.25, 0.3) is 0 Å². The highest BCUT2D eigenvalue weighted by Gasteiger charge is 2.31. The molecule has 0 heterocycles. The van der Waals surface area contributed by atoms with E-state index in [1.165, 1.54) is 0 Å². The molecule has 0 saturated carbocycles. The number of rotatable bonds is 11. The van der Waals surface area contributed by atoms with Crippen molar-refractivity contribution in [2.75, 3.05) is 20.3 Å². The van der Waals surface area contributed by atoms with Crippen molar-refractivity contribution in [3.8, 4) is 0 Å². The molecule has 0 aliphatic carbocycles. The first-order valence-corrected chi connectivity index (χ1v) is 8.41. The lowest BCUT2D eigenvalue weighted by molar-refractivity contribution is -0.164. The van der Waals surface area contributed by atoms with Crippen molar-refractivity contribution in [1.29, 1.82) is 0 Å². The van der Waals surface area contributed by atoms with Crippen LogP contribution in [0.25, 0.3) is 0 Å². The summed E-state index contributed by atoms with van der Waals surface area (Å²) >= 11 is 0. The Morgan fingerprint density at radius 3 is 2.43 bits per heavy atom. The summed E-state index contributed by atoms with van der Waals surface area (Å²) in [6.07, 6.45) is 2.95. The lowest BCUT2D eigenvalue weighted by Gasteiger charge is -2.25. The molecule has 0 N–H and O–H groups in total. The Labute approximate surface area is 140 Å². The van der Waals surface area contributed by atoms with Crippen LogP contribution in [0.15, 0.2) is 30.3 Å². The molecule has 0 spiro atoms. The van der Waals surface area contributed by atoms with E-state index < -0.39 is 0 Å². The molecule has 130 valence electrons. The van der Waals surface area contributed by atoms with Crippen LogP contribution in [-0.4, -0.2) is 32.6 Å². The summed E-state index contributed by atoms with van der Waals surface area (Å²) in [5.41, 5.74) is 0.761. The number of esters is 1. The molecule has 1 rings (SSSR count). The van der Waals surface area contributed by atoms with Crippen molar-refractivity contribution in [3.05, 3.63) is 35.9 Å². The number of hydrogen-bond donors (Lipinski definition) is 0. The van der Waals surface area contributed by atoms with Gasteiger partial charge in [0.1, 0.15) is 6.61 Å². The monoisotopic (exact) mass is 322 g/mol. The Bertz CT molecular complexity index is 446. The van der Waals surface area contributed by atoms with Gasteiger partial charge in [-0.1, -0.05) is 50.6 Å². The van der Waals surface area contributed by atoms with E-state index in [9.17, 15) is 4.79 Å². The van der Waals surface area contributed by atoms with Crippen LogP contribution in [0, 0.1) is 5.41 Å². The Hall–Kier alpha value is -1.39. The van der Waals surface area contributed by atoms with E-state index >= 15 is 0 Å². The first-order valence-electron chi connectivity index (χ1n) is 8.41. The molecule has 0 aliphatic rings. The quantitative estimate of drug-likeness (QED) is 0.351. The Morgan fingerprint density at radius 2 is 1.87 bits per heavy atom. The molecule has 0 aliphatic heterocycles. The second kappa shape index (κ2) is 10.4. The van der Waals surface area contributed by atoms with E-state index in [4.69, 9.17) is 14.2 Å². The molecular formula is C19H30O4. The minimum atomic E-state index is -0.389. The highest BCUT2D eigenvalue weighted by Crippen LogP contribution is 2.28. The predicted octanol–water partition coefficient (Wildman–Crippen LogP) is 3.98. The first-order chi connectivity index (χ1) is 11.1. The number of carbonyl (C=O) groups is 1. The van der Waals surface area contributed by atoms with Crippen molar-refractivity contribution in [3.63, 3.8) is 0 Å². The third-order valence-corrected chi connectivity index (χ3v) is 4.20. The minimum Gasteiger partial charge on any atom is -0.463 e. The number of carbonyl (C=O) groups excluding carboxylic acids is 1. The van der Waals surface area contributed by atoms with Gasteiger partial charge in [0, 0.05) is 13.5 Å². The summed E-state index contributed by atoms with van der Waals surface area (Å²) < 4.78 is 16.4. The number of hydrogen-bond acceptors (Lipinski definition) is 4. The summed E-state index contributed by atoms with van der Waals surface area (Å²) in [5.74, 6) is -0.137. The van der Waals surface area contributed by atoms with Crippen LogP contribution in [0.4, 0.5) is 0 Å². The van der Waals surface area contributed by atoms with Gasteiger partial charge in [-0.25, -0.2) is 0 Å². The van der Waals surface area contributed by atoms with E-state index in [-0.39, 0.29) is 24.3 Å². The van der Waals surface area contributed by atoms with Gasteiger partial charge >= 0.3 is 5.97 Å². The molecule has 1 aromatic rings. The van der Waals surface area contributed by atoms with E-state index in [1.807, 2.05) is 44.2 Å².